The van der Waals surface area contributed by atoms with E-state index in [2.05, 4.69) is 26.1 Å². The molecular weight excluding hydrogens is 722 g/mol. The molecule has 10 N–H and O–H groups in total. The van der Waals surface area contributed by atoms with Crippen LogP contribution in [0.15, 0.2) is 63.9 Å². The number of aromatic amines is 1. The Balaban J connectivity index is 1.64. The first kappa shape index (κ1) is 41.1. The molecule has 0 fully saturated rings. The van der Waals surface area contributed by atoms with Crippen molar-refractivity contribution in [3.63, 3.8) is 0 Å². The Morgan fingerprint density at radius 3 is 2.21 bits per heavy atom. The van der Waals surface area contributed by atoms with E-state index in [0.29, 0.717) is 39.3 Å². The van der Waals surface area contributed by atoms with Crippen LogP contribution in [0.4, 0.5) is 0 Å². The quantitative estimate of drug-likeness (QED) is 0.1000. The molecule has 0 radical (unpaired) electrons. The lowest BCUT2D eigenvalue weighted by molar-refractivity contribution is -0.141. The Morgan fingerprint density at radius 2 is 1.59 bits per heavy atom. The van der Waals surface area contributed by atoms with Gasteiger partial charge >= 0.3 is 5.76 Å². The highest BCUT2D eigenvalue weighted by Crippen LogP contribution is 2.40. The zero-order valence-corrected chi connectivity index (χ0v) is 31.8. The second-order valence-corrected chi connectivity index (χ2v) is 13.6. The summed E-state index contributed by atoms with van der Waals surface area (Å²) < 4.78 is 16.9. The molecular formula is C39H49N9O8. The number of carbonyl (C=O) groups excluding carboxylic acids is 4. The van der Waals surface area contributed by atoms with Gasteiger partial charge in [0.15, 0.2) is 5.82 Å². The Bertz CT molecular complexity index is 2120. The van der Waals surface area contributed by atoms with E-state index in [1.807, 2.05) is 19.1 Å². The largest absolute Gasteiger partial charge is 0.492 e. The number of hydrogen-bond acceptors (Lipinski definition) is 12. The monoisotopic (exact) mass is 771 g/mol. The smallest absolute Gasteiger partial charge is 0.438 e. The molecule has 0 saturated carbocycles. The highest BCUT2D eigenvalue weighted by atomic mass is 16.5. The number of amides is 4. The van der Waals surface area contributed by atoms with Gasteiger partial charge in [0.1, 0.15) is 42.8 Å². The summed E-state index contributed by atoms with van der Waals surface area (Å²) in [6.07, 6.45) is 0.220. The molecule has 2 heterocycles. The Kier molecular flexibility index (Phi) is 13.6. The van der Waals surface area contributed by atoms with Crippen LogP contribution in [0.2, 0.25) is 0 Å². The van der Waals surface area contributed by atoms with E-state index in [-0.39, 0.29) is 51.5 Å². The van der Waals surface area contributed by atoms with Gasteiger partial charge in [0.25, 0.3) is 5.91 Å². The third-order valence-electron chi connectivity index (χ3n) is 9.37. The van der Waals surface area contributed by atoms with Crippen molar-refractivity contribution in [1.29, 1.82) is 0 Å². The number of benzene rings is 3. The average molecular weight is 772 g/mol. The van der Waals surface area contributed by atoms with Gasteiger partial charge in [0.2, 0.25) is 17.7 Å². The van der Waals surface area contributed by atoms with Crippen LogP contribution in [0.1, 0.15) is 63.9 Å². The van der Waals surface area contributed by atoms with E-state index in [1.54, 1.807) is 49.4 Å². The van der Waals surface area contributed by atoms with Crippen molar-refractivity contribution >= 4 is 23.6 Å². The third-order valence-corrected chi connectivity index (χ3v) is 9.37. The normalized spacial score (nSPS) is 17.5. The number of hydrogen-bond donors (Lipinski definition) is 7. The number of likely N-dealkylation sites (N-methyl/N-ethyl adjacent to an activating group) is 1. The lowest BCUT2D eigenvalue weighted by atomic mass is 9.93. The summed E-state index contributed by atoms with van der Waals surface area (Å²) in [4.78, 5) is 71.7. The maximum Gasteiger partial charge on any atom is 0.438 e. The molecule has 0 saturated heterocycles. The van der Waals surface area contributed by atoms with Gasteiger partial charge in [-0.3, -0.25) is 28.7 Å². The minimum atomic E-state index is -1.33. The number of fused-ring (bicyclic) bond motifs is 5. The van der Waals surface area contributed by atoms with Gasteiger partial charge in [-0.05, 0) is 80.8 Å². The fourth-order valence-electron chi connectivity index (χ4n) is 6.58. The van der Waals surface area contributed by atoms with Gasteiger partial charge < -0.3 is 47.5 Å². The summed E-state index contributed by atoms with van der Waals surface area (Å²) in [5, 5.41) is 12.2. The SMILES string of the molecule is Cc1ccc(C(=O)N[C@@H](CCN)C(=O)N(C)[C@@H]2C(=O)N[C@@H](C)C(=O)N[C@H](c3noc(=O)[nH]3)Cc3ccc(OCCN)c(c3)-c3cc2ccc3OCCN)c(C)c1. The van der Waals surface area contributed by atoms with Gasteiger partial charge in [-0.25, -0.2) is 4.79 Å². The van der Waals surface area contributed by atoms with E-state index >= 15 is 0 Å². The molecule has 4 bridgehead atoms. The number of nitrogens with zero attached hydrogens (tertiary/aromatic N) is 2. The van der Waals surface area contributed by atoms with Crippen LogP contribution < -0.4 is 48.4 Å². The molecule has 17 nitrogen and oxygen atoms in total. The Morgan fingerprint density at radius 1 is 0.911 bits per heavy atom. The molecule has 3 aromatic carbocycles. The van der Waals surface area contributed by atoms with Crippen LogP contribution in [0.25, 0.3) is 11.1 Å². The molecule has 4 amide bonds. The number of nitrogens with two attached hydrogens (primary N) is 3. The Labute approximate surface area is 323 Å². The maximum absolute atomic E-state index is 14.4. The number of ether oxygens (including phenoxy) is 2. The van der Waals surface area contributed by atoms with E-state index in [0.717, 1.165) is 11.1 Å². The Hall–Kier alpha value is -6.04. The van der Waals surface area contributed by atoms with E-state index < -0.39 is 53.6 Å². The van der Waals surface area contributed by atoms with Crippen molar-refractivity contribution in [2.45, 2.75) is 57.8 Å². The fourth-order valence-corrected chi connectivity index (χ4v) is 6.58. The number of nitrogens with one attached hydrogen (secondary N) is 4. The first-order valence-corrected chi connectivity index (χ1v) is 18.3. The van der Waals surface area contributed by atoms with Gasteiger partial charge in [0, 0.05) is 43.2 Å². The molecule has 0 spiro atoms. The zero-order chi connectivity index (χ0) is 40.5. The van der Waals surface area contributed by atoms with Crippen LogP contribution in [-0.2, 0) is 20.8 Å². The van der Waals surface area contributed by atoms with Crippen LogP contribution in [0, 0.1) is 13.8 Å². The summed E-state index contributed by atoms with van der Waals surface area (Å²) in [6.45, 7) is 6.05. The number of H-pyrrole nitrogens is 1. The summed E-state index contributed by atoms with van der Waals surface area (Å²) >= 11 is 0. The van der Waals surface area contributed by atoms with Crippen molar-refractivity contribution < 1.29 is 33.2 Å². The molecule has 5 rings (SSSR count). The lowest BCUT2D eigenvalue weighted by Crippen LogP contribution is -2.54. The zero-order valence-electron chi connectivity index (χ0n) is 31.8. The summed E-state index contributed by atoms with van der Waals surface area (Å²) in [7, 11) is 1.44. The van der Waals surface area contributed by atoms with Crippen LogP contribution in [0.3, 0.4) is 0 Å². The fraction of sp³-hybridized carbons (Fsp3) is 0.385. The summed E-state index contributed by atoms with van der Waals surface area (Å²) in [5.41, 5.74) is 21.8. The topological polar surface area (TPSA) is 263 Å². The first-order valence-electron chi connectivity index (χ1n) is 18.3. The minimum absolute atomic E-state index is 0.0582. The molecule has 0 unspecified atom stereocenters. The number of aryl methyl sites for hydroxylation is 2. The molecule has 1 aliphatic rings. The average Bonchev–Trinajstić information content (AvgIpc) is 3.61. The van der Waals surface area contributed by atoms with Gasteiger partial charge in [-0.1, -0.05) is 35.0 Å². The van der Waals surface area contributed by atoms with Crippen LogP contribution >= 0.6 is 0 Å². The molecule has 4 aromatic rings. The van der Waals surface area contributed by atoms with E-state index in [1.165, 1.54) is 18.9 Å². The van der Waals surface area contributed by atoms with Crippen molar-refractivity contribution in [3.8, 4) is 22.6 Å². The number of carbonyl (C=O) groups is 4. The van der Waals surface area contributed by atoms with Gasteiger partial charge in [-0.2, -0.15) is 0 Å². The molecule has 56 heavy (non-hydrogen) atoms. The molecule has 1 aromatic heterocycles. The molecule has 4 atom stereocenters. The summed E-state index contributed by atoms with van der Waals surface area (Å²) in [5.74, 6) is -2.27. The van der Waals surface area contributed by atoms with Crippen molar-refractivity contribution in [2.75, 3.05) is 39.9 Å². The highest BCUT2D eigenvalue weighted by Gasteiger charge is 2.36. The van der Waals surface area contributed by atoms with Gasteiger partial charge in [-0.15, -0.1) is 0 Å². The van der Waals surface area contributed by atoms with E-state index in [9.17, 15) is 24.0 Å². The van der Waals surface area contributed by atoms with Crippen LogP contribution in [-0.4, -0.2) is 90.6 Å². The first-order chi connectivity index (χ1) is 26.8. The molecule has 17 heteroatoms. The summed E-state index contributed by atoms with van der Waals surface area (Å²) in [6, 6.07) is 11.3. The van der Waals surface area contributed by atoms with Crippen LogP contribution in [0.5, 0.6) is 11.5 Å². The molecule has 0 aliphatic carbocycles. The van der Waals surface area contributed by atoms with Crippen molar-refractivity contribution in [2.24, 2.45) is 17.2 Å². The predicted molar refractivity (Wildman–Crippen MR) is 207 cm³/mol. The second-order valence-electron chi connectivity index (χ2n) is 13.6. The van der Waals surface area contributed by atoms with Gasteiger partial charge in [0.05, 0.1) is 6.04 Å². The lowest BCUT2D eigenvalue weighted by Gasteiger charge is -2.32. The predicted octanol–water partition coefficient (Wildman–Crippen LogP) is 0.887. The standard InChI is InChI=1S/C39H49N9O8/c1-21-5-8-26(22(2)17-21)36(50)44-29(11-12-40)38(52)48(4)33-25-7-10-32(55-16-14-42)28(20-25)27-18-24(6-9-31(27)54-15-13-41)19-30(34-46-39(53)56-47-34)45-35(49)23(3)43-37(33)51/h5-10,17-18,20,23,29-30,33H,11-16,19,40-42H2,1-4H3,(H,43,51)(H,44,50)(H,45,49)(H,46,47,53)/t23-,29-,30-,33-/m0/s1. The molecule has 1 aliphatic heterocycles. The second kappa shape index (κ2) is 18.5. The number of aromatic nitrogens is 2. The third kappa shape index (κ3) is 9.60. The van der Waals surface area contributed by atoms with Crippen molar-refractivity contribution in [1.82, 2.24) is 31.0 Å². The minimum Gasteiger partial charge on any atom is -0.492 e. The molecule has 298 valence electrons. The number of rotatable bonds is 13. The highest BCUT2D eigenvalue weighted by molar-refractivity contribution is 6.00. The van der Waals surface area contributed by atoms with Crippen molar-refractivity contribution in [3.05, 3.63) is 98.8 Å². The van der Waals surface area contributed by atoms with E-state index in [4.69, 9.17) is 31.2 Å². The maximum atomic E-state index is 14.4.